The van der Waals surface area contributed by atoms with E-state index in [-0.39, 0.29) is 79.4 Å². The first-order valence-corrected chi connectivity index (χ1v) is 13.2. The van der Waals surface area contributed by atoms with Crippen LogP contribution in [0.5, 0.6) is 40.2 Å². The lowest BCUT2D eigenvalue weighted by Crippen LogP contribution is -2.38. The van der Waals surface area contributed by atoms with Gasteiger partial charge in [0.1, 0.15) is 57.0 Å². The van der Waals surface area contributed by atoms with Crippen LogP contribution in [0.2, 0.25) is 0 Å². The molecule has 11 heteroatoms. The van der Waals surface area contributed by atoms with Crippen molar-refractivity contribution in [3.8, 4) is 51.4 Å². The molecule has 0 radical (unpaired) electrons. The number of phenols is 2. The highest BCUT2D eigenvalue weighted by Gasteiger charge is 2.38. The molecule has 1 atom stereocenters. The zero-order valence-corrected chi connectivity index (χ0v) is 24.2. The van der Waals surface area contributed by atoms with Crippen LogP contribution in [0.4, 0.5) is 0 Å². The highest BCUT2D eigenvalue weighted by molar-refractivity contribution is 6.20. The number of ketones is 1. The van der Waals surface area contributed by atoms with Crippen LogP contribution in [0.25, 0.3) is 43.6 Å². The molecule has 0 aliphatic carbocycles. The number of aromatic hydroxyl groups is 2. The van der Waals surface area contributed by atoms with Crippen molar-refractivity contribution >= 4 is 38.3 Å². The number of aryl methyl sites for hydroxylation is 1. The van der Waals surface area contributed by atoms with E-state index in [1.165, 1.54) is 47.5 Å². The third kappa shape index (κ3) is 4.07. The van der Waals surface area contributed by atoms with Crippen molar-refractivity contribution < 1.29 is 48.2 Å². The molecular formula is C32H28O11. The van der Waals surface area contributed by atoms with E-state index in [0.717, 1.165) is 0 Å². The molecule has 0 spiro atoms. The van der Waals surface area contributed by atoms with Crippen LogP contribution in [0, 0.1) is 6.92 Å². The monoisotopic (exact) mass is 588 g/mol. The van der Waals surface area contributed by atoms with Gasteiger partial charge < -0.3 is 43.4 Å². The maximum Gasteiger partial charge on any atom is 0.212 e. The Bertz CT molecular complexity index is 2070. The van der Waals surface area contributed by atoms with Gasteiger partial charge in [0.15, 0.2) is 16.8 Å². The summed E-state index contributed by atoms with van der Waals surface area (Å²) in [5, 5.41) is 34.4. The number of hydrogen-bond donors (Lipinski definition) is 3. The summed E-state index contributed by atoms with van der Waals surface area (Å²) in [4.78, 5) is 26.4. The van der Waals surface area contributed by atoms with Crippen LogP contribution in [0.1, 0.15) is 29.5 Å². The van der Waals surface area contributed by atoms with E-state index in [4.69, 9.17) is 28.1 Å². The van der Waals surface area contributed by atoms with Crippen LogP contribution in [0.15, 0.2) is 39.5 Å². The van der Waals surface area contributed by atoms with E-state index in [9.17, 15) is 24.9 Å². The van der Waals surface area contributed by atoms with Crippen molar-refractivity contribution in [2.24, 2.45) is 0 Å². The summed E-state index contributed by atoms with van der Waals surface area (Å²) in [6.07, 6.45) is -0.373. The van der Waals surface area contributed by atoms with E-state index in [0.29, 0.717) is 16.5 Å². The standard InChI is InChI=1S/C32H28O11/c1-13-7-17(33)26-29(36)23-16(10-15(38-3)11-20(23)40-5)24(31(26)42-13)27-19(39-4)8-14-9-21-25(18(34)12-32(2,37)43-21)28(35)22(14)30(27)41-6/h7-11,35-37H,12H2,1-6H3/t32-/m1/s1. The van der Waals surface area contributed by atoms with Crippen LogP contribution in [0.3, 0.4) is 0 Å². The Morgan fingerprint density at radius 2 is 1.51 bits per heavy atom. The molecule has 0 amide bonds. The van der Waals surface area contributed by atoms with Gasteiger partial charge in [0.2, 0.25) is 5.79 Å². The molecule has 2 heterocycles. The summed E-state index contributed by atoms with van der Waals surface area (Å²) in [7, 11) is 5.71. The lowest BCUT2D eigenvalue weighted by molar-refractivity contribution is -0.123. The highest BCUT2D eigenvalue weighted by Crippen LogP contribution is 2.55. The fourth-order valence-electron chi connectivity index (χ4n) is 5.89. The molecule has 3 N–H and O–H groups in total. The van der Waals surface area contributed by atoms with Crippen molar-refractivity contribution in [2.75, 3.05) is 28.4 Å². The summed E-state index contributed by atoms with van der Waals surface area (Å²) < 4.78 is 34.6. The molecule has 1 aromatic heterocycles. The Labute approximate surface area is 244 Å². The van der Waals surface area contributed by atoms with Gasteiger partial charge in [0, 0.05) is 30.0 Å². The van der Waals surface area contributed by atoms with Crippen LogP contribution < -0.4 is 29.1 Å². The number of benzene rings is 4. The number of carbonyl (C=O) groups is 1. The molecule has 11 nitrogen and oxygen atoms in total. The van der Waals surface area contributed by atoms with Gasteiger partial charge in [-0.2, -0.15) is 0 Å². The molecule has 6 rings (SSSR count). The van der Waals surface area contributed by atoms with E-state index < -0.39 is 22.7 Å². The second-order valence-corrected chi connectivity index (χ2v) is 10.5. The number of Topliss-reactive ketones (excluding diaryl/α,β-unsaturated/α-hetero) is 1. The van der Waals surface area contributed by atoms with Gasteiger partial charge in [0.05, 0.1) is 51.2 Å². The Balaban J connectivity index is 1.88. The van der Waals surface area contributed by atoms with Gasteiger partial charge in [-0.25, -0.2) is 0 Å². The van der Waals surface area contributed by atoms with E-state index in [1.807, 2.05) is 0 Å². The topological polar surface area (TPSA) is 154 Å². The lowest BCUT2D eigenvalue weighted by Gasteiger charge is -2.31. The Kier molecular flexibility index (Phi) is 6.31. The quantitative estimate of drug-likeness (QED) is 0.232. The molecule has 5 aromatic rings. The van der Waals surface area contributed by atoms with Gasteiger partial charge in [-0.15, -0.1) is 0 Å². The maximum absolute atomic E-state index is 13.3. The highest BCUT2D eigenvalue weighted by atomic mass is 16.6. The molecule has 0 saturated heterocycles. The summed E-state index contributed by atoms with van der Waals surface area (Å²) in [5.74, 6) is -1.86. The number of ether oxygens (including phenoxy) is 5. The second kappa shape index (κ2) is 9.70. The molecule has 0 unspecified atom stereocenters. The molecule has 1 aliphatic rings. The number of phenolic OH excluding ortho intramolecular Hbond substituents is 2. The molecule has 0 bridgehead atoms. The minimum Gasteiger partial charge on any atom is -0.506 e. The largest absolute Gasteiger partial charge is 0.506 e. The third-order valence-electron chi connectivity index (χ3n) is 7.63. The van der Waals surface area contributed by atoms with Crippen molar-refractivity contribution in [1.29, 1.82) is 0 Å². The lowest BCUT2D eigenvalue weighted by atomic mass is 9.89. The SMILES string of the molecule is COc1cc(OC)c2c(O)c3c(=O)cc(C)oc3c(-c3c(OC)cc4cc5c(c(O)c4c3OC)C(=O)C[C@](C)(O)O5)c2c1. The van der Waals surface area contributed by atoms with E-state index in [1.54, 1.807) is 25.1 Å². The van der Waals surface area contributed by atoms with Gasteiger partial charge in [-0.05, 0) is 30.5 Å². The number of methoxy groups -OCH3 is 4. The smallest absolute Gasteiger partial charge is 0.212 e. The number of carbonyl (C=O) groups excluding carboxylic acids is 1. The van der Waals surface area contributed by atoms with Crippen LogP contribution >= 0.6 is 0 Å². The summed E-state index contributed by atoms with van der Waals surface area (Å²) >= 11 is 0. The summed E-state index contributed by atoms with van der Waals surface area (Å²) in [6, 6.07) is 7.58. The molecular weight excluding hydrogens is 560 g/mol. The molecule has 222 valence electrons. The van der Waals surface area contributed by atoms with Gasteiger partial charge in [0.25, 0.3) is 0 Å². The maximum atomic E-state index is 13.3. The van der Waals surface area contributed by atoms with Crippen molar-refractivity contribution in [2.45, 2.75) is 26.1 Å². The molecule has 0 fully saturated rings. The van der Waals surface area contributed by atoms with Gasteiger partial charge >= 0.3 is 0 Å². The van der Waals surface area contributed by atoms with Crippen molar-refractivity contribution in [3.05, 3.63) is 51.9 Å². The first-order chi connectivity index (χ1) is 20.4. The Morgan fingerprint density at radius 1 is 0.791 bits per heavy atom. The third-order valence-corrected chi connectivity index (χ3v) is 7.63. The Morgan fingerprint density at radius 3 is 2.16 bits per heavy atom. The summed E-state index contributed by atoms with van der Waals surface area (Å²) in [5.41, 5.74) is -0.0570. The van der Waals surface area contributed by atoms with Crippen molar-refractivity contribution in [3.63, 3.8) is 0 Å². The zero-order chi connectivity index (χ0) is 31.0. The minimum atomic E-state index is -1.75. The predicted molar refractivity (Wildman–Crippen MR) is 157 cm³/mol. The normalized spacial score (nSPS) is 16.3. The summed E-state index contributed by atoms with van der Waals surface area (Å²) in [6.45, 7) is 2.96. The first kappa shape index (κ1) is 28.0. The predicted octanol–water partition coefficient (Wildman–Crippen LogP) is 5.19. The fraction of sp³-hybridized carbons (Fsp3) is 0.250. The van der Waals surface area contributed by atoms with E-state index in [2.05, 4.69) is 0 Å². The number of hydrogen-bond acceptors (Lipinski definition) is 11. The number of fused-ring (bicyclic) bond motifs is 4. The number of aliphatic hydroxyl groups is 1. The Hall–Kier alpha value is -5.16. The fourth-order valence-corrected chi connectivity index (χ4v) is 5.89. The van der Waals surface area contributed by atoms with Crippen molar-refractivity contribution in [1.82, 2.24) is 0 Å². The molecule has 43 heavy (non-hydrogen) atoms. The first-order valence-electron chi connectivity index (χ1n) is 13.2. The zero-order valence-electron chi connectivity index (χ0n) is 24.2. The van der Waals surface area contributed by atoms with E-state index >= 15 is 0 Å². The van der Waals surface area contributed by atoms with Crippen LogP contribution in [-0.4, -0.2) is 55.3 Å². The minimum absolute atomic E-state index is 0.000247. The average molecular weight is 589 g/mol. The second-order valence-electron chi connectivity index (χ2n) is 10.5. The molecule has 1 aliphatic heterocycles. The van der Waals surface area contributed by atoms with Crippen LogP contribution in [-0.2, 0) is 0 Å². The van der Waals surface area contributed by atoms with Gasteiger partial charge in [-0.3, -0.25) is 9.59 Å². The number of rotatable bonds is 5. The molecule has 0 saturated carbocycles. The van der Waals surface area contributed by atoms with Gasteiger partial charge in [-0.1, -0.05) is 0 Å². The average Bonchev–Trinajstić information content (AvgIpc) is 2.94. The molecule has 4 aromatic carbocycles.